The maximum atomic E-state index is 13.3. The van der Waals surface area contributed by atoms with Crippen molar-refractivity contribution < 1.29 is 9.53 Å². The molecule has 0 aliphatic rings. The molecular weight excluding hydrogens is 490 g/mol. The minimum atomic E-state index is -0.423. The van der Waals surface area contributed by atoms with Gasteiger partial charge in [0.1, 0.15) is 16.8 Å². The molecule has 38 heavy (non-hydrogen) atoms. The molecule has 0 bridgehead atoms. The third-order valence-electron chi connectivity index (χ3n) is 6.54. The number of nitrogens with one attached hydrogen (secondary N) is 1. The van der Waals surface area contributed by atoms with Crippen LogP contribution in [0.4, 0.5) is 5.69 Å². The lowest BCUT2D eigenvalue weighted by molar-refractivity contribution is -0.115. The Hall–Kier alpha value is -4.08. The number of aromatic nitrogens is 1. The third-order valence-corrected chi connectivity index (χ3v) is 7.89. The number of thioether (sulfide) groups is 1. The van der Waals surface area contributed by atoms with Gasteiger partial charge in [-0.15, -0.1) is 0 Å². The number of amides is 1. The van der Waals surface area contributed by atoms with Gasteiger partial charge in [0.15, 0.2) is 0 Å². The van der Waals surface area contributed by atoms with Crippen LogP contribution in [0.5, 0.6) is 5.75 Å². The summed E-state index contributed by atoms with van der Waals surface area (Å²) in [4.78, 5) is 18.2. The van der Waals surface area contributed by atoms with Crippen molar-refractivity contribution in [2.45, 2.75) is 44.4 Å². The van der Waals surface area contributed by atoms with Gasteiger partial charge < -0.3 is 10.1 Å². The minimum Gasteiger partial charge on any atom is -0.497 e. The van der Waals surface area contributed by atoms with E-state index in [1.807, 2.05) is 100 Å². The third kappa shape index (κ3) is 6.07. The highest BCUT2D eigenvalue weighted by molar-refractivity contribution is 8.00. The molecule has 1 amide bonds. The number of aryl methyl sites for hydroxylation is 3. The van der Waals surface area contributed by atoms with E-state index in [-0.39, 0.29) is 5.91 Å². The lowest BCUT2D eigenvalue weighted by Gasteiger charge is -2.18. The zero-order chi connectivity index (χ0) is 27.2. The van der Waals surface area contributed by atoms with Gasteiger partial charge in [0.05, 0.1) is 23.6 Å². The molecule has 0 aliphatic heterocycles. The van der Waals surface area contributed by atoms with Crippen LogP contribution < -0.4 is 10.1 Å². The van der Waals surface area contributed by atoms with Gasteiger partial charge in [-0.25, -0.2) is 4.98 Å². The molecule has 0 fully saturated rings. The molecule has 5 nitrogen and oxygen atoms in total. The largest absolute Gasteiger partial charge is 0.497 e. The average Bonchev–Trinajstić information content (AvgIpc) is 2.93. The number of pyridine rings is 1. The second-order valence-electron chi connectivity index (χ2n) is 9.24. The normalized spacial score (nSPS) is 11.5. The first-order valence-corrected chi connectivity index (χ1v) is 13.4. The Morgan fingerprint density at radius 1 is 0.974 bits per heavy atom. The Morgan fingerprint density at radius 2 is 1.66 bits per heavy atom. The Balaban J connectivity index is 1.75. The quantitative estimate of drug-likeness (QED) is 0.240. The maximum absolute atomic E-state index is 13.3. The number of anilines is 1. The molecule has 0 saturated carbocycles. The lowest BCUT2D eigenvalue weighted by atomic mass is 9.98. The summed E-state index contributed by atoms with van der Waals surface area (Å²) in [7, 11) is 1.63. The van der Waals surface area contributed by atoms with Crippen LogP contribution in [0.1, 0.15) is 35.6 Å². The van der Waals surface area contributed by atoms with Gasteiger partial charge in [-0.05, 0) is 86.3 Å². The second-order valence-corrected chi connectivity index (χ2v) is 10.4. The van der Waals surface area contributed by atoms with Crippen molar-refractivity contribution in [1.82, 2.24) is 4.98 Å². The maximum Gasteiger partial charge on any atom is 0.237 e. The minimum absolute atomic E-state index is 0.113. The highest BCUT2D eigenvalue weighted by Gasteiger charge is 2.23. The zero-order valence-corrected chi connectivity index (χ0v) is 23.1. The van der Waals surface area contributed by atoms with Gasteiger partial charge in [0.25, 0.3) is 0 Å². The van der Waals surface area contributed by atoms with Crippen molar-refractivity contribution in [3.63, 3.8) is 0 Å². The summed E-state index contributed by atoms with van der Waals surface area (Å²) in [5.41, 5.74) is 8.01. The van der Waals surface area contributed by atoms with Gasteiger partial charge in [-0.1, -0.05) is 54.6 Å². The molecule has 1 aromatic heterocycles. The number of hydrogen-bond donors (Lipinski definition) is 1. The van der Waals surface area contributed by atoms with E-state index in [2.05, 4.69) is 11.4 Å². The molecule has 4 rings (SSSR count). The number of ether oxygens (including phenoxy) is 1. The van der Waals surface area contributed by atoms with Crippen molar-refractivity contribution >= 4 is 23.4 Å². The van der Waals surface area contributed by atoms with E-state index in [1.54, 1.807) is 7.11 Å². The number of rotatable bonds is 8. The summed E-state index contributed by atoms with van der Waals surface area (Å²) in [6, 6.07) is 26.0. The van der Waals surface area contributed by atoms with Crippen molar-refractivity contribution in [3.05, 3.63) is 95.1 Å². The first kappa shape index (κ1) is 27.0. The van der Waals surface area contributed by atoms with Crippen LogP contribution in [0.2, 0.25) is 0 Å². The Morgan fingerprint density at radius 3 is 2.26 bits per heavy atom. The summed E-state index contributed by atoms with van der Waals surface area (Å²) >= 11 is 1.33. The van der Waals surface area contributed by atoms with Crippen molar-refractivity contribution in [2.75, 3.05) is 12.4 Å². The van der Waals surface area contributed by atoms with Gasteiger partial charge in [-0.3, -0.25) is 4.79 Å². The summed E-state index contributed by atoms with van der Waals surface area (Å²) in [6.07, 6.45) is 0.584. The predicted molar refractivity (Wildman–Crippen MR) is 156 cm³/mol. The fourth-order valence-corrected chi connectivity index (χ4v) is 5.11. The van der Waals surface area contributed by atoms with E-state index in [0.29, 0.717) is 17.0 Å². The molecule has 3 aromatic carbocycles. The molecule has 1 atom stereocenters. The molecule has 192 valence electrons. The van der Waals surface area contributed by atoms with Gasteiger partial charge in [0, 0.05) is 16.8 Å². The molecular formula is C32H31N3O2S. The van der Waals surface area contributed by atoms with E-state index in [0.717, 1.165) is 44.9 Å². The van der Waals surface area contributed by atoms with Crippen molar-refractivity contribution in [3.8, 4) is 34.2 Å². The Bertz CT molecular complexity index is 1490. The van der Waals surface area contributed by atoms with E-state index in [1.165, 1.54) is 17.3 Å². The standard InChI is InChI=1S/C32H31N3O2S/c1-6-30(31(36)34-25-14-9-21(3)22(4)17-25)38-32-28(19-33)27(23-10-7-20(2)8-11-23)18-29(35-32)24-12-15-26(37-5)16-13-24/h7-18,30H,6H2,1-5H3,(H,34,36). The highest BCUT2D eigenvalue weighted by Crippen LogP contribution is 2.37. The van der Waals surface area contributed by atoms with E-state index in [9.17, 15) is 10.1 Å². The van der Waals surface area contributed by atoms with Crippen LogP contribution in [-0.2, 0) is 4.79 Å². The molecule has 1 N–H and O–H groups in total. The van der Waals surface area contributed by atoms with Crippen LogP contribution in [0, 0.1) is 32.1 Å². The molecule has 1 heterocycles. The number of hydrogen-bond acceptors (Lipinski definition) is 5. The summed E-state index contributed by atoms with van der Waals surface area (Å²) < 4.78 is 5.31. The molecule has 0 spiro atoms. The fraction of sp³-hybridized carbons (Fsp3) is 0.219. The topological polar surface area (TPSA) is 75.0 Å². The Kier molecular flexibility index (Phi) is 8.50. The average molecular weight is 522 g/mol. The van der Waals surface area contributed by atoms with E-state index < -0.39 is 5.25 Å². The van der Waals surface area contributed by atoms with Crippen molar-refractivity contribution in [2.24, 2.45) is 0 Å². The lowest BCUT2D eigenvalue weighted by Crippen LogP contribution is -2.25. The predicted octanol–water partition coefficient (Wildman–Crippen LogP) is 7.73. The number of carbonyl (C=O) groups excluding carboxylic acids is 1. The SMILES string of the molecule is CCC(Sc1nc(-c2ccc(OC)cc2)cc(-c2ccc(C)cc2)c1C#N)C(=O)Nc1ccc(C)c(C)c1. The molecule has 6 heteroatoms. The highest BCUT2D eigenvalue weighted by atomic mass is 32.2. The first-order valence-electron chi connectivity index (χ1n) is 12.5. The fourth-order valence-electron chi connectivity index (χ4n) is 4.08. The Labute approximate surface area is 228 Å². The smallest absolute Gasteiger partial charge is 0.237 e. The second kappa shape index (κ2) is 12.0. The van der Waals surface area contributed by atoms with E-state index >= 15 is 0 Å². The van der Waals surface area contributed by atoms with Crippen LogP contribution in [0.25, 0.3) is 22.4 Å². The molecule has 0 radical (unpaired) electrons. The first-order chi connectivity index (χ1) is 18.3. The number of methoxy groups -OCH3 is 1. The van der Waals surface area contributed by atoms with Crippen LogP contribution >= 0.6 is 11.8 Å². The van der Waals surface area contributed by atoms with Crippen LogP contribution in [0.15, 0.2) is 77.8 Å². The molecule has 0 saturated heterocycles. The molecule has 1 unspecified atom stereocenters. The van der Waals surface area contributed by atoms with Gasteiger partial charge in [-0.2, -0.15) is 5.26 Å². The monoisotopic (exact) mass is 521 g/mol. The van der Waals surface area contributed by atoms with E-state index in [4.69, 9.17) is 9.72 Å². The molecule has 0 aliphatic carbocycles. The molecule has 4 aromatic rings. The summed E-state index contributed by atoms with van der Waals surface area (Å²) in [5.74, 6) is 0.642. The van der Waals surface area contributed by atoms with Crippen molar-refractivity contribution in [1.29, 1.82) is 5.26 Å². The number of nitrogens with zero attached hydrogens (tertiary/aromatic N) is 2. The number of nitriles is 1. The number of carbonyl (C=O) groups is 1. The van der Waals surface area contributed by atoms with Crippen LogP contribution in [-0.4, -0.2) is 23.3 Å². The zero-order valence-electron chi connectivity index (χ0n) is 22.3. The van der Waals surface area contributed by atoms with Gasteiger partial charge in [0.2, 0.25) is 5.91 Å². The van der Waals surface area contributed by atoms with Gasteiger partial charge >= 0.3 is 0 Å². The summed E-state index contributed by atoms with van der Waals surface area (Å²) in [5, 5.41) is 13.4. The summed E-state index contributed by atoms with van der Waals surface area (Å²) in [6.45, 7) is 8.07. The number of benzene rings is 3. The van der Waals surface area contributed by atoms with Crippen LogP contribution in [0.3, 0.4) is 0 Å².